The zero-order valence-corrected chi connectivity index (χ0v) is 9.82. The van der Waals surface area contributed by atoms with Gasteiger partial charge in [0.15, 0.2) is 0 Å². The highest BCUT2D eigenvalue weighted by Crippen LogP contribution is 1.98. The summed E-state index contributed by atoms with van der Waals surface area (Å²) >= 11 is 0. The van der Waals surface area contributed by atoms with Crippen LogP contribution in [0, 0.1) is 5.92 Å². The van der Waals surface area contributed by atoms with Gasteiger partial charge in [0.25, 0.3) is 0 Å². The quantitative estimate of drug-likeness (QED) is 0.655. The second-order valence-electron chi connectivity index (χ2n) is 3.64. The number of hydrogen-bond donors (Lipinski definition) is 2. The number of nitrogens with one attached hydrogen (secondary N) is 1. The molecular weight excluding hydrogens is 212 g/mol. The summed E-state index contributed by atoms with van der Waals surface area (Å²) in [6, 6.07) is 0. The molecule has 6 heteroatoms. The fourth-order valence-electron chi connectivity index (χ4n) is 1.02. The van der Waals surface area contributed by atoms with Crippen molar-refractivity contribution < 1.29 is 19.5 Å². The van der Waals surface area contributed by atoms with Crippen molar-refractivity contribution in [3.8, 4) is 0 Å². The monoisotopic (exact) mass is 230 g/mol. The smallest absolute Gasteiger partial charge is 0.308 e. The maximum absolute atomic E-state index is 11.4. The molecule has 6 nitrogen and oxygen atoms in total. The summed E-state index contributed by atoms with van der Waals surface area (Å²) in [5, 5.41) is 11.1. The first-order valence-electron chi connectivity index (χ1n) is 5.12. The van der Waals surface area contributed by atoms with Crippen molar-refractivity contribution in [1.82, 2.24) is 10.2 Å². The molecule has 0 aromatic rings. The van der Waals surface area contributed by atoms with E-state index in [9.17, 15) is 14.4 Å². The normalized spacial score (nSPS) is 11.7. The molecule has 0 radical (unpaired) electrons. The van der Waals surface area contributed by atoms with E-state index in [-0.39, 0.29) is 24.9 Å². The summed E-state index contributed by atoms with van der Waals surface area (Å²) in [6.07, 6.45) is 0.322. The van der Waals surface area contributed by atoms with Gasteiger partial charge in [0.1, 0.15) is 0 Å². The van der Waals surface area contributed by atoms with E-state index in [1.54, 1.807) is 6.92 Å². The number of nitrogens with zero attached hydrogens (tertiary/aromatic N) is 1. The number of aliphatic carboxylic acids is 1. The van der Waals surface area contributed by atoms with Crippen LogP contribution in [0.15, 0.2) is 0 Å². The number of carboxylic acid groups (broad SMARTS) is 1. The van der Waals surface area contributed by atoms with Gasteiger partial charge in [-0.25, -0.2) is 0 Å². The Kier molecular flexibility index (Phi) is 6.14. The van der Waals surface area contributed by atoms with Crippen LogP contribution in [0.25, 0.3) is 0 Å². The van der Waals surface area contributed by atoms with Gasteiger partial charge in [0.2, 0.25) is 11.8 Å². The number of hydrogen-bond acceptors (Lipinski definition) is 3. The largest absolute Gasteiger partial charge is 0.481 e. The van der Waals surface area contributed by atoms with Gasteiger partial charge in [0, 0.05) is 20.0 Å². The predicted octanol–water partition coefficient (Wildman–Crippen LogP) is -0.308. The van der Waals surface area contributed by atoms with E-state index >= 15 is 0 Å². The van der Waals surface area contributed by atoms with Crippen LogP contribution in [0.3, 0.4) is 0 Å². The summed E-state index contributed by atoms with van der Waals surface area (Å²) in [7, 11) is 1.51. The van der Waals surface area contributed by atoms with Crippen LogP contribution in [0.5, 0.6) is 0 Å². The Balaban J connectivity index is 3.99. The average Bonchev–Trinajstić information content (AvgIpc) is 2.24. The fourth-order valence-corrected chi connectivity index (χ4v) is 1.02. The second kappa shape index (κ2) is 6.81. The van der Waals surface area contributed by atoms with Crippen LogP contribution in [0.2, 0.25) is 0 Å². The molecule has 0 aromatic heterocycles. The molecule has 0 fully saturated rings. The van der Waals surface area contributed by atoms with Crippen molar-refractivity contribution in [2.24, 2.45) is 5.92 Å². The number of likely N-dealkylation sites (N-methyl/N-ethyl adjacent to an activating group) is 1. The van der Waals surface area contributed by atoms with Gasteiger partial charge >= 0.3 is 5.97 Å². The van der Waals surface area contributed by atoms with Crippen LogP contribution in [-0.4, -0.2) is 47.9 Å². The van der Waals surface area contributed by atoms with Crippen LogP contribution < -0.4 is 5.32 Å². The Morgan fingerprint density at radius 2 is 1.94 bits per heavy atom. The van der Waals surface area contributed by atoms with Gasteiger partial charge in [-0.3, -0.25) is 14.4 Å². The molecule has 0 rings (SSSR count). The zero-order chi connectivity index (χ0) is 12.7. The number of carboxylic acids is 1. The lowest BCUT2D eigenvalue weighted by atomic mass is 10.2. The number of amides is 2. The molecule has 0 spiro atoms. The van der Waals surface area contributed by atoms with Gasteiger partial charge in [-0.15, -0.1) is 0 Å². The third kappa shape index (κ3) is 5.33. The average molecular weight is 230 g/mol. The molecule has 1 unspecified atom stereocenters. The number of rotatable bonds is 6. The number of carbonyl (C=O) groups is 3. The molecule has 0 aliphatic heterocycles. The molecule has 1 atom stereocenters. The van der Waals surface area contributed by atoms with Crippen molar-refractivity contribution in [3.63, 3.8) is 0 Å². The first-order chi connectivity index (χ1) is 7.38. The standard InChI is InChI=1S/C10H18N2O4/c1-4-8(13)11-5-9(14)12(3)6-7(2)10(15)16/h7H,4-6H2,1-3H3,(H,11,13)(H,15,16). The zero-order valence-electron chi connectivity index (χ0n) is 9.82. The van der Waals surface area contributed by atoms with E-state index in [1.165, 1.54) is 18.9 Å². The van der Waals surface area contributed by atoms with Crippen LogP contribution >= 0.6 is 0 Å². The Morgan fingerprint density at radius 3 is 2.38 bits per heavy atom. The maximum Gasteiger partial charge on any atom is 0.308 e. The minimum absolute atomic E-state index is 0.0878. The summed E-state index contributed by atoms with van der Waals surface area (Å²) in [6.45, 7) is 3.26. The van der Waals surface area contributed by atoms with Gasteiger partial charge in [-0.05, 0) is 0 Å². The molecule has 92 valence electrons. The SMILES string of the molecule is CCC(=O)NCC(=O)N(C)CC(C)C(=O)O. The van der Waals surface area contributed by atoms with E-state index in [2.05, 4.69) is 5.32 Å². The Morgan fingerprint density at radius 1 is 1.38 bits per heavy atom. The molecule has 0 heterocycles. The fraction of sp³-hybridized carbons (Fsp3) is 0.700. The van der Waals surface area contributed by atoms with Gasteiger partial charge in [-0.2, -0.15) is 0 Å². The first-order valence-corrected chi connectivity index (χ1v) is 5.12. The summed E-state index contributed by atoms with van der Waals surface area (Å²) < 4.78 is 0. The molecule has 0 aliphatic rings. The van der Waals surface area contributed by atoms with E-state index in [0.29, 0.717) is 6.42 Å². The van der Waals surface area contributed by atoms with Crippen molar-refractivity contribution in [3.05, 3.63) is 0 Å². The van der Waals surface area contributed by atoms with Crippen LogP contribution in [0.1, 0.15) is 20.3 Å². The highest BCUT2D eigenvalue weighted by molar-refractivity contribution is 5.84. The van der Waals surface area contributed by atoms with Gasteiger partial charge in [-0.1, -0.05) is 13.8 Å². The molecule has 0 saturated carbocycles. The minimum atomic E-state index is -0.947. The van der Waals surface area contributed by atoms with Crippen LogP contribution in [0.4, 0.5) is 0 Å². The van der Waals surface area contributed by atoms with Crippen molar-refractivity contribution >= 4 is 17.8 Å². The third-order valence-electron chi connectivity index (χ3n) is 2.15. The van der Waals surface area contributed by atoms with Crippen molar-refractivity contribution in [2.45, 2.75) is 20.3 Å². The molecule has 2 N–H and O–H groups in total. The topological polar surface area (TPSA) is 86.7 Å². The lowest BCUT2D eigenvalue weighted by Crippen LogP contribution is -2.40. The van der Waals surface area contributed by atoms with Crippen LogP contribution in [-0.2, 0) is 14.4 Å². The molecular formula is C10H18N2O4. The Bertz CT molecular complexity index is 278. The molecule has 0 saturated heterocycles. The minimum Gasteiger partial charge on any atom is -0.481 e. The van der Waals surface area contributed by atoms with Gasteiger partial charge < -0.3 is 15.3 Å². The molecule has 0 aliphatic carbocycles. The molecule has 2 amide bonds. The molecule has 0 bridgehead atoms. The van der Waals surface area contributed by atoms with Crippen molar-refractivity contribution in [2.75, 3.05) is 20.1 Å². The second-order valence-corrected chi connectivity index (χ2v) is 3.64. The summed E-state index contributed by atoms with van der Waals surface area (Å²) in [5.74, 6) is -2.06. The lowest BCUT2D eigenvalue weighted by Gasteiger charge is -2.19. The molecule has 0 aromatic carbocycles. The summed E-state index contributed by atoms with van der Waals surface area (Å²) in [4.78, 5) is 34.2. The predicted molar refractivity (Wildman–Crippen MR) is 57.7 cm³/mol. The van der Waals surface area contributed by atoms with Crippen molar-refractivity contribution in [1.29, 1.82) is 0 Å². The lowest BCUT2D eigenvalue weighted by molar-refractivity contribution is -0.142. The first kappa shape index (κ1) is 14.4. The van der Waals surface area contributed by atoms with E-state index in [1.807, 2.05) is 0 Å². The van der Waals surface area contributed by atoms with E-state index < -0.39 is 11.9 Å². The molecule has 16 heavy (non-hydrogen) atoms. The Labute approximate surface area is 94.6 Å². The third-order valence-corrected chi connectivity index (χ3v) is 2.15. The highest BCUT2D eigenvalue weighted by atomic mass is 16.4. The Hall–Kier alpha value is -1.59. The maximum atomic E-state index is 11.4. The number of carbonyl (C=O) groups excluding carboxylic acids is 2. The van der Waals surface area contributed by atoms with Gasteiger partial charge in [0.05, 0.1) is 12.5 Å². The van der Waals surface area contributed by atoms with E-state index in [0.717, 1.165) is 0 Å². The van der Waals surface area contributed by atoms with E-state index in [4.69, 9.17) is 5.11 Å². The summed E-state index contributed by atoms with van der Waals surface area (Å²) in [5.41, 5.74) is 0. The highest BCUT2D eigenvalue weighted by Gasteiger charge is 2.17.